The van der Waals surface area contributed by atoms with Gasteiger partial charge in [0.05, 0.1) is 6.10 Å². The molecule has 1 aromatic carbocycles. The van der Waals surface area contributed by atoms with E-state index in [4.69, 9.17) is 0 Å². The molecule has 0 saturated heterocycles. The Balaban J connectivity index is 2.40. The van der Waals surface area contributed by atoms with Gasteiger partial charge in [-0.25, -0.2) is 0 Å². The van der Waals surface area contributed by atoms with Crippen molar-refractivity contribution < 1.29 is 5.11 Å². The summed E-state index contributed by atoms with van der Waals surface area (Å²) in [6.07, 6.45) is 4.60. The molecule has 0 aromatic heterocycles. The van der Waals surface area contributed by atoms with E-state index in [0.717, 1.165) is 10.0 Å². The fourth-order valence-corrected chi connectivity index (χ4v) is 3.47. The molecule has 17 heavy (non-hydrogen) atoms. The fourth-order valence-electron chi connectivity index (χ4n) is 3.14. The minimum atomic E-state index is -0.283. The van der Waals surface area contributed by atoms with Gasteiger partial charge >= 0.3 is 0 Å². The Hall–Kier alpha value is -0.340. The maximum atomic E-state index is 10.6. The third kappa shape index (κ3) is 2.43. The van der Waals surface area contributed by atoms with E-state index in [1.165, 1.54) is 42.4 Å². The average molecular weight is 297 g/mol. The molecule has 1 saturated carbocycles. The van der Waals surface area contributed by atoms with Crippen LogP contribution in [0.2, 0.25) is 0 Å². The zero-order valence-electron chi connectivity index (χ0n) is 10.9. The molecule has 94 valence electrons. The van der Waals surface area contributed by atoms with E-state index in [9.17, 15) is 5.11 Å². The molecule has 1 unspecified atom stereocenters. The molecule has 2 heteroatoms. The van der Waals surface area contributed by atoms with Crippen molar-refractivity contribution in [2.24, 2.45) is 5.92 Å². The largest absolute Gasteiger partial charge is 0.388 e. The van der Waals surface area contributed by atoms with E-state index in [1.54, 1.807) is 0 Å². The average Bonchev–Trinajstić information content (AvgIpc) is 2.79. The Bertz CT molecular complexity index is 419. The smallest absolute Gasteiger partial charge is 0.0823 e. The molecule has 0 amide bonds. The maximum Gasteiger partial charge on any atom is 0.0823 e. The first kappa shape index (κ1) is 13.1. The summed E-state index contributed by atoms with van der Waals surface area (Å²) in [5.74, 6) is 0.460. The van der Waals surface area contributed by atoms with Gasteiger partial charge in [0.15, 0.2) is 0 Å². The van der Waals surface area contributed by atoms with Crippen molar-refractivity contribution in [1.29, 1.82) is 0 Å². The third-order valence-electron chi connectivity index (χ3n) is 4.08. The highest BCUT2D eigenvalue weighted by Crippen LogP contribution is 2.40. The van der Waals surface area contributed by atoms with Gasteiger partial charge in [-0.05, 0) is 61.8 Å². The van der Waals surface area contributed by atoms with Gasteiger partial charge in [-0.2, -0.15) is 0 Å². The van der Waals surface area contributed by atoms with Crippen LogP contribution in [-0.4, -0.2) is 5.11 Å². The van der Waals surface area contributed by atoms with Crippen molar-refractivity contribution in [3.63, 3.8) is 0 Å². The maximum absolute atomic E-state index is 10.6. The van der Waals surface area contributed by atoms with Crippen molar-refractivity contribution in [3.8, 4) is 0 Å². The normalized spacial score (nSPS) is 18.6. The van der Waals surface area contributed by atoms with Crippen LogP contribution >= 0.6 is 15.9 Å². The van der Waals surface area contributed by atoms with Crippen LogP contribution in [0.25, 0.3) is 0 Å². The van der Waals surface area contributed by atoms with Crippen LogP contribution in [0.15, 0.2) is 10.5 Å². The number of aliphatic hydroxyl groups is 1. The topological polar surface area (TPSA) is 20.2 Å². The number of hydrogen-bond acceptors (Lipinski definition) is 1. The number of aryl methyl sites for hydroxylation is 2. The number of hydrogen-bond donors (Lipinski definition) is 1. The molecule has 0 spiro atoms. The van der Waals surface area contributed by atoms with Crippen LogP contribution < -0.4 is 0 Å². The minimum absolute atomic E-state index is 0.283. The molecule has 1 fully saturated rings. The van der Waals surface area contributed by atoms with E-state index in [-0.39, 0.29) is 6.10 Å². The highest BCUT2D eigenvalue weighted by atomic mass is 79.9. The van der Waals surface area contributed by atoms with Gasteiger partial charge in [-0.15, -0.1) is 0 Å². The zero-order valence-corrected chi connectivity index (χ0v) is 12.5. The quantitative estimate of drug-likeness (QED) is 0.846. The lowest BCUT2D eigenvalue weighted by Gasteiger charge is -2.23. The summed E-state index contributed by atoms with van der Waals surface area (Å²) in [6.45, 7) is 6.33. The summed E-state index contributed by atoms with van der Waals surface area (Å²) in [7, 11) is 0. The zero-order chi connectivity index (χ0) is 12.6. The first-order chi connectivity index (χ1) is 8.02. The second-order valence-electron chi connectivity index (χ2n) is 5.35. The fraction of sp³-hybridized carbons (Fsp3) is 0.600. The molecule has 1 aliphatic rings. The summed E-state index contributed by atoms with van der Waals surface area (Å²) < 4.78 is 1.15. The van der Waals surface area contributed by atoms with Crippen molar-refractivity contribution in [2.45, 2.75) is 52.6 Å². The molecule has 0 heterocycles. The van der Waals surface area contributed by atoms with Crippen LogP contribution in [0.5, 0.6) is 0 Å². The molecule has 0 aliphatic heterocycles. The number of benzene rings is 1. The van der Waals surface area contributed by atoms with Gasteiger partial charge in [-0.1, -0.05) is 34.8 Å². The van der Waals surface area contributed by atoms with Gasteiger partial charge < -0.3 is 5.11 Å². The van der Waals surface area contributed by atoms with E-state index in [1.807, 2.05) is 0 Å². The molecule has 1 N–H and O–H groups in total. The van der Waals surface area contributed by atoms with Crippen LogP contribution in [0.1, 0.15) is 54.0 Å². The van der Waals surface area contributed by atoms with E-state index in [2.05, 4.69) is 42.8 Å². The molecule has 1 nitrogen and oxygen atoms in total. The first-order valence-electron chi connectivity index (χ1n) is 6.46. The summed E-state index contributed by atoms with van der Waals surface area (Å²) in [4.78, 5) is 0. The van der Waals surface area contributed by atoms with Crippen LogP contribution in [0.3, 0.4) is 0 Å². The molecular formula is C15H21BrO. The predicted octanol–water partition coefficient (Wildman–Crippen LogP) is 4.60. The monoisotopic (exact) mass is 296 g/mol. The molecule has 2 rings (SSSR count). The molecule has 0 radical (unpaired) electrons. The van der Waals surface area contributed by atoms with Crippen LogP contribution in [0, 0.1) is 26.7 Å². The lowest BCUT2D eigenvalue weighted by Crippen LogP contribution is -2.12. The Morgan fingerprint density at radius 2 is 1.76 bits per heavy atom. The summed E-state index contributed by atoms with van der Waals surface area (Å²) in [5.41, 5.74) is 4.83. The van der Waals surface area contributed by atoms with Crippen molar-refractivity contribution in [1.82, 2.24) is 0 Å². The Morgan fingerprint density at radius 3 is 2.35 bits per heavy atom. The van der Waals surface area contributed by atoms with Crippen molar-refractivity contribution in [3.05, 3.63) is 32.8 Å². The van der Waals surface area contributed by atoms with Gasteiger partial charge in [0.25, 0.3) is 0 Å². The summed E-state index contributed by atoms with van der Waals surface area (Å²) in [6, 6.07) is 2.17. The van der Waals surface area contributed by atoms with E-state index < -0.39 is 0 Å². The SMILES string of the molecule is Cc1cc(C)c(C(O)C2CCCC2)c(C)c1Br. The Kier molecular flexibility index (Phi) is 3.94. The number of aliphatic hydroxyl groups excluding tert-OH is 1. The summed E-state index contributed by atoms with van der Waals surface area (Å²) in [5, 5.41) is 10.6. The lowest BCUT2D eigenvalue weighted by atomic mass is 9.88. The van der Waals surface area contributed by atoms with E-state index in [0.29, 0.717) is 5.92 Å². The van der Waals surface area contributed by atoms with Gasteiger partial charge in [-0.3, -0.25) is 0 Å². The number of rotatable bonds is 2. The molecular weight excluding hydrogens is 276 g/mol. The summed E-state index contributed by atoms with van der Waals surface area (Å²) >= 11 is 3.63. The van der Waals surface area contributed by atoms with Crippen LogP contribution in [-0.2, 0) is 0 Å². The van der Waals surface area contributed by atoms with Crippen molar-refractivity contribution in [2.75, 3.05) is 0 Å². The van der Waals surface area contributed by atoms with Crippen LogP contribution in [0.4, 0.5) is 0 Å². The molecule has 1 aliphatic carbocycles. The Morgan fingerprint density at radius 1 is 1.18 bits per heavy atom. The highest BCUT2D eigenvalue weighted by molar-refractivity contribution is 9.10. The standard InChI is InChI=1S/C15H21BrO/c1-9-8-10(2)14(16)11(3)13(9)15(17)12-6-4-5-7-12/h8,12,15,17H,4-7H2,1-3H3. The molecule has 1 aromatic rings. The van der Waals surface area contributed by atoms with Gasteiger partial charge in [0, 0.05) is 4.47 Å². The second kappa shape index (κ2) is 5.11. The van der Waals surface area contributed by atoms with Crippen molar-refractivity contribution >= 4 is 15.9 Å². The lowest BCUT2D eigenvalue weighted by molar-refractivity contribution is 0.110. The van der Waals surface area contributed by atoms with Gasteiger partial charge in [0.1, 0.15) is 0 Å². The Labute approximate surface area is 112 Å². The van der Waals surface area contributed by atoms with E-state index >= 15 is 0 Å². The minimum Gasteiger partial charge on any atom is -0.388 e. The first-order valence-corrected chi connectivity index (χ1v) is 7.26. The molecule has 1 atom stereocenters. The third-order valence-corrected chi connectivity index (χ3v) is 5.30. The molecule has 0 bridgehead atoms. The highest BCUT2D eigenvalue weighted by Gasteiger charge is 2.27. The van der Waals surface area contributed by atoms with Gasteiger partial charge in [0.2, 0.25) is 0 Å². The second-order valence-corrected chi connectivity index (χ2v) is 6.15. The number of halogens is 1. The predicted molar refractivity (Wildman–Crippen MR) is 75.3 cm³/mol.